The number of aromatic amines is 1. The Kier molecular flexibility index (Phi) is 5.13. The molecule has 1 fully saturated rings. The van der Waals surface area contributed by atoms with E-state index in [1.54, 1.807) is 13.2 Å². The number of benzene rings is 1. The van der Waals surface area contributed by atoms with E-state index in [0.29, 0.717) is 34.1 Å². The molecule has 3 aromatic rings. The zero-order chi connectivity index (χ0) is 18.1. The number of hydrogen-bond acceptors (Lipinski definition) is 5. The van der Waals surface area contributed by atoms with Crippen LogP contribution in [-0.2, 0) is 6.67 Å². The molecular weight excluding hydrogens is 388 g/mol. The predicted molar refractivity (Wildman–Crippen MR) is 107 cm³/mol. The van der Waals surface area contributed by atoms with Crippen molar-refractivity contribution in [1.29, 1.82) is 0 Å². The molecule has 8 heteroatoms. The van der Waals surface area contributed by atoms with Crippen molar-refractivity contribution in [2.75, 3.05) is 13.7 Å². The lowest BCUT2D eigenvalue weighted by molar-refractivity contribution is 0.192. The fourth-order valence-electron chi connectivity index (χ4n) is 3.42. The Hall–Kier alpha value is -1.67. The fraction of sp³-hybridized carbons (Fsp3) is 0.333. The molecule has 5 nitrogen and oxygen atoms in total. The van der Waals surface area contributed by atoms with Crippen molar-refractivity contribution in [3.05, 3.63) is 50.4 Å². The van der Waals surface area contributed by atoms with E-state index in [4.69, 9.17) is 28.6 Å². The average Bonchev–Trinajstić information content (AvgIpc) is 3.37. The number of hydrogen-bond donors (Lipinski definition) is 1. The zero-order valence-electron chi connectivity index (χ0n) is 14.3. The Labute approximate surface area is 166 Å². The van der Waals surface area contributed by atoms with E-state index < -0.39 is 0 Å². The quantitative estimate of drug-likeness (QED) is 0.597. The number of nitrogens with zero attached hydrogens (tertiary/aromatic N) is 3. The first-order valence-electron chi connectivity index (χ1n) is 8.44. The van der Waals surface area contributed by atoms with Gasteiger partial charge in [-0.15, -0.1) is 11.3 Å². The number of rotatable bonds is 5. The molecule has 1 N–H and O–H groups in total. The summed E-state index contributed by atoms with van der Waals surface area (Å²) in [4.78, 5) is 8.37. The molecule has 3 heterocycles. The first-order valence-corrected chi connectivity index (χ1v) is 10.1. The summed E-state index contributed by atoms with van der Waals surface area (Å²) in [6.07, 6.45) is 2.37. The van der Waals surface area contributed by atoms with Gasteiger partial charge in [0, 0.05) is 22.5 Å². The Bertz CT molecular complexity index is 951. The molecule has 0 aliphatic carbocycles. The van der Waals surface area contributed by atoms with Crippen LogP contribution in [0.5, 0.6) is 5.75 Å². The minimum absolute atomic E-state index is 0.448. The van der Waals surface area contributed by atoms with Crippen molar-refractivity contribution in [2.24, 2.45) is 0 Å². The lowest BCUT2D eigenvalue weighted by Gasteiger charge is -2.23. The number of ether oxygens (including phenoxy) is 1. The number of thiophene rings is 1. The van der Waals surface area contributed by atoms with Gasteiger partial charge in [-0.25, -0.2) is 4.68 Å². The van der Waals surface area contributed by atoms with E-state index in [0.717, 1.165) is 12.1 Å². The van der Waals surface area contributed by atoms with Gasteiger partial charge in [0.1, 0.15) is 5.75 Å². The summed E-state index contributed by atoms with van der Waals surface area (Å²) in [5.41, 5.74) is 0.807. The molecule has 0 saturated carbocycles. The first-order chi connectivity index (χ1) is 12.7. The van der Waals surface area contributed by atoms with E-state index in [2.05, 4.69) is 32.5 Å². The number of methoxy groups -OCH3 is 1. The maximum Gasteiger partial charge on any atom is 0.217 e. The molecule has 136 valence electrons. The number of nitrogens with one attached hydrogen (secondary N) is 1. The molecular formula is C18H19ClN4OS2. The molecule has 1 aliphatic rings. The second kappa shape index (κ2) is 7.52. The summed E-state index contributed by atoms with van der Waals surface area (Å²) >= 11 is 13.4. The Morgan fingerprint density at radius 2 is 2.31 bits per heavy atom. The molecule has 1 saturated heterocycles. The van der Waals surface area contributed by atoms with Gasteiger partial charge in [0.05, 0.1) is 19.3 Å². The number of aromatic nitrogens is 3. The summed E-state index contributed by atoms with van der Waals surface area (Å²) in [5, 5.41) is 6.08. The van der Waals surface area contributed by atoms with Crippen LogP contribution in [0.1, 0.15) is 23.8 Å². The van der Waals surface area contributed by atoms with Gasteiger partial charge in [-0.2, -0.15) is 4.98 Å². The Morgan fingerprint density at radius 1 is 1.42 bits per heavy atom. The summed E-state index contributed by atoms with van der Waals surface area (Å²) in [6, 6.07) is 10.2. The minimum Gasteiger partial charge on any atom is -0.496 e. The Balaban J connectivity index is 1.62. The molecule has 1 aliphatic heterocycles. The van der Waals surface area contributed by atoms with Gasteiger partial charge < -0.3 is 4.74 Å². The highest BCUT2D eigenvalue weighted by molar-refractivity contribution is 7.71. The fourth-order valence-corrected chi connectivity index (χ4v) is 4.68. The highest BCUT2D eigenvalue weighted by Gasteiger charge is 2.27. The van der Waals surface area contributed by atoms with Gasteiger partial charge in [-0.1, -0.05) is 17.7 Å². The SMILES string of the molecule is COc1ccc(Cl)cc1-c1nc(=S)n(CN2CCC[C@@H]2c2cccs2)[nH]1. The summed E-state index contributed by atoms with van der Waals surface area (Å²) in [7, 11) is 1.63. The summed E-state index contributed by atoms with van der Waals surface area (Å²) < 4.78 is 7.87. The van der Waals surface area contributed by atoms with Crippen LogP contribution in [-0.4, -0.2) is 33.3 Å². The van der Waals surface area contributed by atoms with E-state index in [-0.39, 0.29) is 0 Å². The average molecular weight is 407 g/mol. The Morgan fingerprint density at radius 3 is 3.08 bits per heavy atom. The minimum atomic E-state index is 0.448. The van der Waals surface area contributed by atoms with Crippen LogP contribution in [0, 0.1) is 4.77 Å². The van der Waals surface area contributed by atoms with Gasteiger partial charge in [-0.05, 0) is 54.7 Å². The predicted octanol–water partition coefficient (Wildman–Crippen LogP) is 5.13. The molecule has 1 aromatic carbocycles. The standard InChI is InChI=1S/C18H19ClN4OS2/c1-24-15-7-6-12(19)10-13(15)17-20-18(25)23(21-17)11-22-8-2-4-14(22)16-5-3-9-26-16/h3,5-7,9-10,14H,2,4,8,11H2,1H3,(H,20,21,25)/t14-/m1/s1. The third kappa shape index (κ3) is 3.44. The molecule has 4 rings (SSSR count). The topological polar surface area (TPSA) is 46.1 Å². The third-order valence-corrected chi connectivity index (χ3v) is 6.17. The zero-order valence-corrected chi connectivity index (χ0v) is 16.7. The van der Waals surface area contributed by atoms with Crippen LogP contribution in [0.4, 0.5) is 0 Å². The maximum atomic E-state index is 6.15. The van der Waals surface area contributed by atoms with Crippen LogP contribution in [0.25, 0.3) is 11.4 Å². The number of likely N-dealkylation sites (tertiary alicyclic amines) is 1. The monoisotopic (exact) mass is 406 g/mol. The maximum absolute atomic E-state index is 6.15. The third-order valence-electron chi connectivity index (χ3n) is 4.65. The second-order valence-electron chi connectivity index (χ2n) is 6.25. The molecule has 0 unspecified atom stereocenters. The van der Waals surface area contributed by atoms with Gasteiger partial charge >= 0.3 is 0 Å². The van der Waals surface area contributed by atoms with Crippen molar-refractivity contribution < 1.29 is 4.74 Å². The van der Waals surface area contributed by atoms with Crippen molar-refractivity contribution in [2.45, 2.75) is 25.6 Å². The van der Waals surface area contributed by atoms with Gasteiger partial charge in [0.15, 0.2) is 5.82 Å². The van der Waals surface area contributed by atoms with Crippen molar-refractivity contribution in [1.82, 2.24) is 19.7 Å². The molecule has 0 spiro atoms. The van der Waals surface area contributed by atoms with Crippen LogP contribution in [0.3, 0.4) is 0 Å². The van der Waals surface area contributed by atoms with Crippen molar-refractivity contribution in [3.8, 4) is 17.1 Å². The smallest absolute Gasteiger partial charge is 0.217 e. The molecule has 1 atom stereocenters. The van der Waals surface area contributed by atoms with Crippen LogP contribution in [0.15, 0.2) is 35.7 Å². The molecule has 0 bridgehead atoms. The van der Waals surface area contributed by atoms with Crippen LogP contribution >= 0.6 is 35.2 Å². The first kappa shape index (κ1) is 17.7. The largest absolute Gasteiger partial charge is 0.496 e. The summed E-state index contributed by atoms with van der Waals surface area (Å²) in [6.45, 7) is 1.75. The van der Waals surface area contributed by atoms with Gasteiger partial charge in [0.2, 0.25) is 4.77 Å². The van der Waals surface area contributed by atoms with E-state index >= 15 is 0 Å². The lowest BCUT2D eigenvalue weighted by Crippen LogP contribution is -2.26. The van der Waals surface area contributed by atoms with Crippen LogP contribution in [0.2, 0.25) is 5.02 Å². The van der Waals surface area contributed by atoms with Gasteiger partial charge in [0.25, 0.3) is 0 Å². The highest BCUT2D eigenvalue weighted by Crippen LogP contribution is 2.35. The lowest BCUT2D eigenvalue weighted by atomic mass is 10.2. The highest BCUT2D eigenvalue weighted by atomic mass is 35.5. The second-order valence-corrected chi connectivity index (χ2v) is 8.04. The molecule has 26 heavy (non-hydrogen) atoms. The molecule has 2 aromatic heterocycles. The summed E-state index contributed by atoms with van der Waals surface area (Å²) in [5.74, 6) is 1.38. The van der Waals surface area contributed by atoms with E-state index in [1.165, 1.54) is 17.7 Å². The normalized spacial score (nSPS) is 17.7. The van der Waals surface area contributed by atoms with Crippen molar-refractivity contribution >= 4 is 35.2 Å². The van der Waals surface area contributed by atoms with Crippen LogP contribution < -0.4 is 4.74 Å². The number of halogens is 1. The molecule has 0 radical (unpaired) electrons. The van der Waals surface area contributed by atoms with Crippen molar-refractivity contribution in [3.63, 3.8) is 0 Å². The number of H-pyrrole nitrogens is 1. The van der Waals surface area contributed by atoms with Gasteiger partial charge in [-0.3, -0.25) is 10.00 Å². The van der Waals surface area contributed by atoms with E-state index in [9.17, 15) is 0 Å². The molecule has 0 amide bonds. The van der Waals surface area contributed by atoms with E-state index in [1.807, 2.05) is 28.2 Å².